The van der Waals surface area contributed by atoms with Crippen molar-refractivity contribution in [3.63, 3.8) is 0 Å². The second-order valence-corrected chi connectivity index (χ2v) is 6.02. The Kier molecular flexibility index (Phi) is 5.73. The first-order valence-corrected chi connectivity index (χ1v) is 8.36. The molecule has 110 valence electrons. The predicted molar refractivity (Wildman–Crippen MR) is 82.7 cm³/mol. The van der Waals surface area contributed by atoms with E-state index in [9.17, 15) is 9.90 Å². The highest BCUT2D eigenvalue weighted by Gasteiger charge is 2.21. The van der Waals surface area contributed by atoms with Crippen molar-refractivity contribution in [1.29, 1.82) is 0 Å². The summed E-state index contributed by atoms with van der Waals surface area (Å²) in [6, 6.07) is 8.19. The number of hydrogen-bond donors (Lipinski definition) is 2. The first-order valence-electron chi connectivity index (χ1n) is 6.96. The van der Waals surface area contributed by atoms with Crippen LogP contribution in [0.4, 0.5) is 4.79 Å². The number of nitrogens with zero attached hydrogens (tertiary/aromatic N) is 1. The minimum absolute atomic E-state index is 0.0842. The van der Waals surface area contributed by atoms with Gasteiger partial charge in [0, 0.05) is 25.4 Å². The molecule has 2 rings (SSSR count). The molecule has 0 unspecified atom stereocenters. The fourth-order valence-corrected chi connectivity index (χ4v) is 2.94. The van der Waals surface area contributed by atoms with E-state index in [4.69, 9.17) is 0 Å². The van der Waals surface area contributed by atoms with Crippen LogP contribution in [0.2, 0.25) is 0 Å². The lowest BCUT2D eigenvalue weighted by atomic mass is 10.1. The van der Waals surface area contributed by atoms with Gasteiger partial charge in [-0.2, -0.15) is 11.8 Å². The van der Waals surface area contributed by atoms with Crippen LogP contribution in [-0.4, -0.2) is 41.5 Å². The third kappa shape index (κ3) is 4.42. The van der Waals surface area contributed by atoms with Crippen molar-refractivity contribution in [3.8, 4) is 0 Å². The zero-order valence-corrected chi connectivity index (χ0v) is 12.7. The lowest BCUT2D eigenvalue weighted by Crippen LogP contribution is -2.46. The molecule has 0 saturated carbocycles. The third-order valence-corrected chi connectivity index (χ3v) is 4.05. The summed E-state index contributed by atoms with van der Waals surface area (Å²) in [5.74, 6) is 0.986. The first-order chi connectivity index (χ1) is 9.69. The van der Waals surface area contributed by atoms with Gasteiger partial charge in [-0.1, -0.05) is 24.3 Å². The molecule has 0 aliphatic carbocycles. The summed E-state index contributed by atoms with van der Waals surface area (Å²) < 4.78 is 0. The fourth-order valence-electron chi connectivity index (χ4n) is 2.42. The molecule has 2 N–H and O–H groups in total. The van der Waals surface area contributed by atoms with Gasteiger partial charge in [0.1, 0.15) is 0 Å². The Balaban J connectivity index is 1.85. The molecular formula is C15H22N2O2S. The Morgan fingerprint density at radius 2 is 2.30 bits per heavy atom. The first kappa shape index (κ1) is 15.2. The van der Waals surface area contributed by atoms with Crippen molar-refractivity contribution < 1.29 is 9.90 Å². The number of thioether (sulfide) groups is 1. The maximum Gasteiger partial charge on any atom is 0.317 e. The SMILES string of the molecule is CSCc1cccc(CNC(=O)N2CCC[C@@H](O)C2)c1. The van der Waals surface area contributed by atoms with E-state index in [1.807, 2.05) is 12.1 Å². The molecule has 1 saturated heterocycles. The van der Waals surface area contributed by atoms with Gasteiger partial charge in [0.25, 0.3) is 0 Å². The van der Waals surface area contributed by atoms with Crippen LogP contribution >= 0.6 is 11.8 Å². The van der Waals surface area contributed by atoms with E-state index in [1.165, 1.54) is 5.56 Å². The van der Waals surface area contributed by atoms with E-state index in [1.54, 1.807) is 16.7 Å². The van der Waals surface area contributed by atoms with Gasteiger partial charge in [-0.15, -0.1) is 0 Å². The number of hydrogen-bond acceptors (Lipinski definition) is 3. The van der Waals surface area contributed by atoms with Crippen LogP contribution in [0.1, 0.15) is 24.0 Å². The number of piperidine rings is 1. The molecule has 1 atom stereocenters. The van der Waals surface area contributed by atoms with Crippen LogP contribution in [0.15, 0.2) is 24.3 Å². The number of carbonyl (C=O) groups excluding carboxylic acids is 1. The number of aliphatic hydroxyl groups is 1. The van der Waals surface area contributed by atoms with Gasteiger partial charge in [-0.25, -0.2) is 4.79 Å². The van der Waals surface area contributed by atoms with Crippen LogP contribution in [0, 0.1) is 0 Å². The van der Waals surface area contributed by atoms with Crippen molar-refractivity contribution in [2.75, 3.05) is 19.3 Å². The quantitative estimate of drug-likeness (QED) is 0.895. The molecule has 0 spiro atoms. The van der Waals surface area contributed by atoms with E-state index in [0.717, 1.165) is 30.7 Å². The molecule has 1 heterocycles. The van der Waals surface area contributed by atoms with Crippen LogP contribution < -0.4 is 5.32 Å². The van der Waals surface area contributed by atoms with Crippen molar-refractivity contribution in [2.24, 2.45) is 0 Å². The smallest absolute Gasteiger partial charge is 0.317 e. The van der Waals surface area contributed by atoms with Gasteiger partial charge in [0.2, 0.25) is 0 Å². The van der Waals surface area contributed by atoms with Gasteiger partial charge in [-0.3, -0.25) is 0 Å². The predicted octanol–water partition coefficient (Wildman–Crippen LogP) is 2.22. The fraction of sp³-hybridized carbons (Fsp3) is 0.533. The molecule has 1 aromatic rings. The Morgan fingerprint density at radius 3 is 3.05 bits per heavy atom. The van der Waals surface area contributed by atoms with Gasteiger partial charge in [0.05, 0.1) is 6.10 Å². The zero-order valence-electron chi connectivity index (χ0n) is 11.8. The number of carbonyl (C=O) groups is 1. The monoisotopic (exact) mass is 294 g/mol. The summed E-state index contributed by atoms with van der Waals surface area (Å²) >= 11 is 1.79. The number of rotatable bonds is 4. The molecule has 0 bridgehead atoms. The van der Waals surface area contributed by atoms with Crippen LogP contribution in [-0.2, 0) is 12.3 Å². The topological polar surface area (TPSA) is 52.6 Å². The molecule has 0 radical (unpaired) electrons. The highest BCUT2D eigenvalue weighted by molar-refractivity contribution is 7.97. The summed E-state index contributed by atoms with van der Waals surface area (Å²) in [6.07, 6.45) is 3.37. The molecule has 4 nitrogen and oxygen atoms in total. The minimum atomic E-state index is -0.376. The van der Waals surface area contributed by atoms with E-state index in [0.29, 0.717) is 13.1 Å². The highest BCUT2D eigenvalue weighted by atomic mass is 32.2. The molecule has 1 aliphatic rings. The third-order valence-electron chi connectivity index (χ3n) is 3.43. The molecular weight excluding hydrogens is 272 g/mol. The number of nitrogens with one attached hydrogen (secondary N) is 1. The number of amides is 2. The summed E-state index contributed by atoms with van der Waals surface area (Å²) in [4.78, 5) is 13.7. The molecule has 1 fully saturated rings. The van der Waals surface area contributed by atoms with Crippen LogP contribution in [0.3, 0.4) is 0 Å². The van der Waals surface area contributed by atoms with E-state index in [-0.39, 0.29) is 12.1 Å². The maximum atomic E-state index is 12.0. The van der Waals surface area contributed by atoms with Crippen molar-refractivity contribution >= 4 is 17.8 Å². The molecule has 0 aromatic heterocycles. The second-order valence-electron chi connectivity index (χ2n) is 5.15. The normalized spacial score (nSPS) is 18.9. The van der Waals surface area contributed by atoms with Crippen molar-refractivity contribution in [3.05, 3.63) is 35.4 Å². The average Bonchev–Trinajstić information content (AvgIpc) is 2.45. The Bertz CT molecular complexity index is 453. The molecule has 5 heteroatoms. The van der Waals surface area contributed by atoms with Gasteiger partial charge in [0.15, 0.2) is 0 Å². The average molecular weight is 294 g/mol. The number of likely N-dealkylation sites (tertiary alicyclic amines) is 1. The maximum absolute atomic E-state index is 12.0. The number of aliphatic hydroxyl groups excluding tert-OH is 1. The van der Waals surface area contributed by atoms with Gasteiger partial charge in [-0.05, 0) is 30.2 Å². The number of β-amino-alcohol motifs (C(OH)–C–C–N with tert-alkyl or cyclic N) is 1. The van der Waals surface area contributed by atoms with Gasteiger partial charge < -0.3 is 15.3 Å². The Labute approximate surface area is 124 Å². The molecule has 20 heavy (non-hydrogen) atoms. The van der Waals surface area contributed by atoms with Crippen LogP contribution in [0.5, 0.6) is 0 Å². The van der Waals surface area contributed by atoms with Crippen molar-refractivity contribution in [2.45, 2.75) is 31.2 Å². The summed E-state index contributed by atoms with van der Waals surface area (Å²) in [7, 11) is 0. The summed E-state index contributed by atoms with van der Waals surface area (Å²) in [5.41, 5.74) is 2.39. The molecule has 2 amide bonds. The van der Waals surface area contributed by atoms with E-state index < -0.39 is 0 Å². The minimum Gasteiger partial charge on any atom is -0.391 e. The largest absolute Gasteiger partial charge is 0.391 e. The van der Waals surface area contributed by atoms with E-state index >= 15 is 0 Å². The summed E-state index contributed by atoms with van der Waals surface area (Å²) in [5, 5.41) is 12.5. The highest BCUT2D eigenvalue weighted by Crippen LogP contribution is 2.12. The lowest BCUT2D eigenvalue weighted by Gasteiger charge is -2.30. The Hall–Kier alpha value is -1.20. The summed E-state index contributed by atoms with van der Waals surface area (Å²) in [6.45, 7) is 1.71. The zero-order chi connectivity index (χ0) is 14.4. The lowest BCUT2D eigenvalue weighted by molar-refractivity contribution is 0.0842. The molecule has 1 aliphatic heterocycles. The van der Waals surface area contributed by atoms with Gasteiger partial charge >= 0.3 is 6.03 Å². The van der Waals surface area contributed by atoms with Crippen molar-refractivity contribution in [1.82, 2.24) is 10.2 Å². The number of urea groups is 1. The standard InChI is InChI=1S/C15H22N2O2S/c1-20-11-13-5-2-4-12(8-13)9-16-15(19)17-7-3-6-14(18)10-17/h2,4-5,8,14,18H,3,6-7,9-11H2,1H3,(H,16,19)/t14-/m1/s1. The van der Waals surface area contributed by atoms with Crippen LogP contribution in [0.25, 0.3) is 0 Å². The second kappa shape index (κ2) is 7.55. The number of benzene rings is 1. The Morgan fingerprint density at radius 1 is 1.50 bits per heavy atom. The van der Waals surface area contributed by atoms with E-state index in [2.05, 4.69) is 23.7 Å². The molecule has 1 aromatic carbocycles.